The number of hydrogen-bond acceptors (Lipinski definition) is 5. The lowest BCUT2D eigenvalue weighted by Crippen LogP contribution is -2.17. The Labute approximate surface area is 164 Å². The van der Waals surface area contributed by atoms with Crippen LogP contribution >= 0.6 is 0 Å². The van der Waals surface area contributed by atoms with E-state index in [1.807, 2.05) is 42.5 Å². The van der Waals surface area contributed by atoms with E-state index in [4.69, 9.17) is 0 Å². The Morgan fingerprint density at radius 2 is 1.75 bits per heavy atom. The lowest BCUT2D eigenvalue weighted by Gasteiger charge is -2.17. The van der Waals surface area contributed by atoms with Crippen LogP contribution in [-0.4, -0.2) is 29.0 Å². The van der Waals surface area contributed by atoms with E-state index in [1.165, 1.54) is 12.6 Å². The Kier molecular flexibility index (Phi) is 5.19. The molecule has 28 heavy (non-hydrogen) atoms. The first-order chi connectivity index (χ1) is 13.7. The van der Waals surface area contributed by atoms with E-state index in [1.54, 1.807) is 6.20 Å². The molecule has 1 saturated heterocycles. The van der Waals surface area contributed by atoms with Crippen molar-refractivity contribution in [2.24, 2.45) is 0 Å². The molecule has 141 valence electrons. The van der Waals surface area contributed by atoms with Crippen molar-refractivity contribution in [3.8, 4) is 11.3 Å². The van der Waals surface area contributed by atoms with Gasteiger partial charge in [-0.2, -0.15) is 0 Å². The van der Waals surface area contributed by atoms with Gasteiger partial charge in [-0.3, -0.25) is 4.79 Å². The van der Waals surface area contributed by atoms with Gasteiger partial charge in [-0.1, -0.05) is 12.1 Å². The molecule has 1 fully saturated rings. The van der Waals surface area contributed by atoms with Gasteiger partial charge in [-0.25, -0.2) is 9.97 Å². The van der Waals surface area contributed by atoms with Gasteiger partial charge in [0.2, 0.25) is 11.9 Å². The molecule has 0 atom stereocenters. The smallest absolute Gasteiger partial charge is 0.227 e. The summed E-state index contributed by atoms with van der Waals surface area (Å²) in [6.45, 7) is 3.59. The van der Waals surface area contributed by atoms with E-state index in [0.29, 0.717) is 5.95 Å². The minimum absolute atomic E-state index is 0.0878. The van der Waals surface area contributed by atoms with Crippen LogP contribution in [0, 0.1) is 6.42 Å². The third-order valence-corrected chi connectivity index (χ3v) is 4.60. The molecular formula is C22H22N5O. The van der Waals surface area contributed by atoms with Crippen LogP contribution in [0.4, 0.5) is 23.0 Å². The first kappa shape index (κ1) is 18.0. The first-order valence-corrected chi connectivity index (χ1v) is 9.32. The van der Waals surface area contributed by atoms with Gasteiger partial charge < -0.3 is 15.5 Å². The van der Waals surface area contributed by atoms with Gasteiger partial charge >= 0.3 is 0 Å². The minimum atomic E-state index is -0.0878. The summed E-state index contributed by atoms with van der Waals surface area (Å²) in [6, 6.07) is 17.8. The van der Waals surface area contributed by atoms with E-state index in [0.717, 1.165) is 42.1 Å². The number of rotatable bonds is 5. The molecule has 6 heteroatoms. The lowest BCUT2D eigenvalue weighted by atomic mass is 10.1. The molecule has 4 rings (SSSR count). The van der Waals surface area contributed by atoms with E-state index >= 15 is 0 Å². The fourth-order valence-electron chi connectivity index (χ4n) is 3.21. The highest BCUT2D eigenvalue weighted by molar-refractivity contribution is 5.88. The van der Waals surface area contributed by atoms with Gasteiger partial charge in [0, 0.05) is 48.8 Å². The Balaban J connectivity index is 1.47. The van der Waals surface area contributed by atoms with Gasteiger partial charge in [-0.05, 0) is 55.3 Å². The first-order valence-electron chi connectivity index (χ1n) is 9.32. The summed E-state index contributed by atoms with van der Waals surface area (Å²) >= 11 is 0. The number of hydrogen-bond donors (Lipinski definition) is 2. The summed E-state index contributed by atoms with van der Waals surface area (Å²) in [5.74, 6) is 0.459. The van der Waals surface area contributed by atoms with Crippen LogP contribution in [0.3, 0.4) is 0 Å². The molecule has 0 aliphatic carbocycles. The summed E-state index contributed by atoms with van der Waals surface area (Å²) in [6.07, 6.45) is 5.18. The quantitative estimate of drug-likeness (QED) is 0.700. The van der Waals surface area contributed by atoms with Crippen LogP contribution in [-0.2, 0) is 4.79 Å². The van der Waals surface area contributed by atoms with Crippen molar-refractivity contribution >= 4 is 28.9 Å². The highest BCUT2D eigenvalue weighted by Gasteiger charge is 2.12. The van der Waals surface area contributed by atoms with Gasteiger partial charge in [0.1, 0.15) is 0 Å². The van der Waals surface area contributed by atoms with Crippen molar-refractivity contribution in [3.63, 3.8) is 0 Å². The number of nitrogens with zero attached hydrogens (tertiary/aromatic N) is 3. The Hall–Kier alpha value is -3.41. The maximum absolute atomic E-state index is 11.1. The summed E-state index contributed by atoms with van der Waals surface area (Å²) in [4.78, 5) is 22.4. The zero-order valence-electron chi connectivity index (χ0n) is 15.7. The van der Waals surface area contributed by atoms with E-state index in [-0.39, 0.29) is 5.91 Å². The highest BCUT2D eigenvalue weighted by Crippen LogP contribution is 2.24. The van der Waals surface area contributed by atoms with Crippen molar-refractivity contribution < 1.29 is 4.79 Å². The van der Waals surface area contributed by atoms with Crippen LogP contribution in [0.25, 0.3) is 11.3 Å². The Bertz CT molecular complexity index is 947. The van der Waals surface area contributed by atoms with Gasteiger partial charge in [-0.15, -0.1) is 0 Å². The molecule has 2 N–H and O–H groups in total. The average molecular weight is 372 g/mol. The summed E-state index contributed by atoms with van der Waals surface area (Å²) in [5, 5.41) is 6.03. The molecular weight excluding hydrogens is 350 g/mol. The lowest BCUT2D eigenvalue weighted by molar-refractivity contribution is -0.114. The molecule has 1 aliphatic heterocycles. The molecule has 1 radical (unpaired) electrons. The summed E-state index contributed by atoms with van der Waals surface area (Å²) < 4.78 is 0. The van der Waals surface area contributed by atoms with E-state index in [2.05, 4.69) is 44.1 Å². The SMILES string of the molecule is CC(=O)Nc1ccc(-c2ccnc(Nc3ccc(N4C[CH]CC4)cc3)n2)cc1. The Morgan fingerprint density at radius 3 is 2.43 bits per heavy atom. The van der Waals surface area contributed by atoms with Crippen LogP contribution in [0.5, 0.6) is 0 Å². The normalized spacial score (nSPS) is 13.4. The second kappa shape index (κ2) is 8.08. The number of carbonyl (C=O) groups excluding carboxylic acids is 1. The number of aromatic nitrogens is 2. The van der Waals surface area contributed by atoms with Crippen molar-refractivity contribution in [2.45, 2.75) is 13.3 Å². The second-order valence-electron chi connectivity index (χ2n) is 6.72. The molecule has 6 nitrogen and oxygen atoms in total. The molecule has 0 spiro atoms. The van der Waals surface area contributed by atoms with Gasteiger partial charge in [0.15, 0.2) is 0 Å². The molecule has 0 saturated carbocycles. The van der Waals surface area contributed by atoms with Crippen LogP contribution in [0.15, 0.2) is 60.8 Å². The van der Waals surface area contributed by atoms with Crippen LogP contribution in [0.1, 0.15) is 13.3 Å². The zero-order chi connectivity index (χ0) is 19.3. The number of nitrogens with one attached hydrogen (secondary N) is 2. The summed E-state index contributed by atoms with van der Waals surface area (Å²) in [7, 11) is 0. The van der Waals surface area contributed by atoms with Crippen molar-refractivity contribution in [2.75, 3.05) is 28.6 Å². The molecule has 1 aromatic heterocycles. The highest BCUT2D eigenvalue weighted by atomic mass is 16.1. The third-order valence-electron chi connectivity index (χ3n) is 4.60. The molecule has 2 aromatic carbocycles. The maximum atomic E-state index is 11.1. The fourth-order valence-corrected chi connectivity index (χ4v) is 3.21. The standard InChI is InChI=1S/C22H22N5O/c1-16(28)24-18-6-4-17(5-7-18)21-12-13-23-22(26-21)25-19-8-10-20(11-9-19)27-14-2-3-15-27/h2,4-13H,3,14-15H2,1H3,(H,24,28)(H,23,25,26). The molecule has 0 unspecified atom stereocenters. The maximum Gasteiger partial charge on any atom is 0.227 e. The fraction of sp³-hybridized carbons (Fsp3) is 0.182. The minimum Gasteiger partial charge on any atom is -0.371 e. The zero-order valence-corrected chi connectivity index (χ0v) is 15.7. The monoisotopic (exact) mass is 372 g/mol. The molecule has 1 amide bonds. The predicted molar refractivity (Wildman–Crippen MR) is 113 cm³/mol. The van der Waals surface area contributed by atoms with Crippen molar-refractivity contribution in [3.05, 3.63) is 67.2 Å². The molecule has 2 heterocycles. The van der Waals surface area contributed by atoms with E-state index < -0.39 is 0 Å². The number of carbonyl (C=O) groups is 1. The van der Waals surface area contributed by atoms with Crippen LogP contribution < -0.4 is 15.5 Å². The third kappa shape index (κ3) is 4.28. The van der Waals surface area contributed by atoms with E-state index in [9.17, 15) is 4.79 Å². The van der Waals surface area contributed by atoms with Gasteiger partial charge in [0.05, 0.1) is 5.69 Å². The molecule has 0 bridgehead atoms. The second-order valence-corrected chi connectivity index (χ2v) is 6.72. The Morgan fingerprint density at radius 1 is 1.00 bits per heavy atom. The van der Waals surface area contributed by atoms with Crippen LogP contribution in [0.2, 0.25) is 0 Å². The predicted octanol–water partition coefficient (Wildman–Crippen LogP) is 4.26. The number of benzene rings is 2. The number of anilines is 4. The average Bonchev–Trinajstić information content (AvgIpc) is 3.24. The van der Waals surface area contributed by atoms with Crippen molar-refractivity contribution in [1.29, 1.82) is 0 Å². The largest absolute Gasteiger partial charge is 0.371 e. The number of amides is 1. The van der Waals surface area contributed by atoms with Gasteiger partial charge in [0.25, 0.3) is 0 Å². The topological polar surface area (TPSA) is 70.2 Å². The summed E-state index contributed by atoms with van der Waals surface area (Å²) in [5.41, 5.74) is 4.72. The molecule has 1 aliphatic rings. The van der Waals surface area contributed by atoms with Crippen molar-refractivity contribution in [1.82, 2.24) is 9.97 Å². The molecule has 3 aromatic rings.